The maximum Gasteiger partial charge on any atom is 0.416 e. The van der Waals surface area contributed by atoms with Crippen molar-refractivity contribution in [3.63, 3.8) is 0 Å². The maximum atomic E-state index is 12.9. The van der Waals surface area contributed by atoms with E-state index in [1.165, 1.54) is 17.8 Å². The Morgan fingerprint density at radius 1 is 0.933 bits per heavy atom. The van der Waals surface area contributed by atoms with Gasteiger partial charge in [0.25, 0.3) is 0 Å². The second kappa shape index (κ2) is 8.84. The molecule has 0 spiro atoms. The van der Waals surface area contributed by atoms with Crippen molar-refractivity contribution in [1.29, 1.82) is 0 Å². The third-order valence-electron chi connectivity index (χ3n) is 6.23. The van der Waals surface area contributed by atoms with Gasteiger partial charge < -0.3 is 9.47 Å². The van der Waals surface area contributed by atoms with Gasteiger partial charge in [-0.1, -0.05) is 6.07 Å². The van der Waals surface area contributed by atoms with Crippen molar-refractivity contribution >= 4 is 11.5 Å². The van der Waals surface area contributed by atoms with Crippen LogP contribution in [0.1, 0.15) is 47.3 Å². The van der Waals surface area contributed by atoms with Gasteiger partial charge in [0.1, 0.15) is 0 Å². The molecule has 2 heterocycles. The van der Waals surface area contributed by atoms with Crippen molar-refractivity contribution in [2.45, 2.75) is 44.8 Å². The highest BCUT2D eigenvalue weighted by Gasteiger charge is 2.31. The molecular formula is C23H28F3N3O. The van der Waals surface area contributed by atoms with E-state index in [0.29, 0.717) is 12.1 Å². The Morgan fingerprint density at radius 2 is 1.70 bits per heavy atom. The normalized spacial score (nSPS) is 18.0. The molecule has 1 aromatic heterocycles. The minimum atomic E-state index is -4.30. The van der Waals surface area contributed by atoms with Crippen LogP contribution in [-0.2, 0) is 19.1 Å². The monoisotopic (exact) mass is 419 g/mol. The van der Waals surface area contributed by atoms with Crippen molar-refractivity contribution in [2.24, 2.45) is 0 Å². The third kappa shape index (κ3) is 4.72. The van der Waals surface area contributed by atoms with E-state index in [1.54, 1.807) is 6.07 Å². The van der Waals surface area contributed by atoms with Gasteiger partial charge in [-0.05, 0) is 56.5 Å². The molecule has 2 aromatic rings. The zero-order valence-corrected chi connectivity index (χ0v) is 17.1. The highest BCUT2D eigenvalue weighted by atomic mass is 19.4. The Bertz CT molecular complexity index is 882. The number of nitrogens with zero attached hydrogens (tertiary/aromatic N) is 3. The van der Waals surface area contributed by atoms with Gasteiger partial charge in [0.15, 0.2) is 5.78 Å². The molecule has 30 heavy (non-hydrogen) atoms. The van der Waals surface area contributed by atoms with E-state index < -0.39 is 11.7 Å². The Morgan fingerprint density at radius 3 is 2.47 bits per heavy atom. The highest BCUT2D eigenvalue weighted by molar-refractivity contribution is 5.98. The summed E-state index contributed by atoms with van der Waals surface area (Å²) in [4.78, 5) is 16.4. The molecule has 0 N–H and O–H groups in total. The summed E-state index contributed by atoms with van der Waals surface area (Å²) < 4.78 is 41.1. The molecule has 1 aliphatic heterocycles. The number of benzene rings is 1. The topological polar surface area (TPSA) is 28.5 Å². The Labute approximate surface area is 175 Å². The van der Waals surface area contributed by atoms with E-state index >= 15 is 0 Å². The van der Waals surface area contributed by atoms with Gasteiger partial charge in [-0.15, -0.1) is 0 Å². The predicted octanol–water partition coefficient (Wildman–Crippen LogP) is 4.63. The summed E-state index contributed by atoms with van der Waals surface area (Å²) in [6, 6.07) is 7.57. The summed E-state index contributed by atoms with van der Waals surface area (Å²) in [5.74, 6) is 0.272. The largest absolute Gasteiger partial charge is 0.416 e. The summed E-state index contributed by atoms with van der Waals surface area (Å²) in [5.41, 5.74) is 2.17. The number of aromatic nitrogens is 1. The maximum absolute atomic E-state index is 12.9. The van der Waals surface area contributed by atoms with E-state index in [4.69, 9.17) is 0 Å². The van der Waals surface area contributed by atoms with Crippen LogP contribution < -0.4 is 4.90 Å². The number of carbonyl (C=O) groups excluding carboxylic acids is 1. The quantitative estimate of drug-likeness (QED) is 0.640. The van der Waals surface area contributed by atoms with E-state index in [0.717, 1.165) is 76.6 Å². The number of alkyl halides is 3. The molecule has 7 heteroatoms. The lowest BCUT2D eigenvalue weighted by Crippen LogP contribution is -2.46. The predicted molar refractivity (Wildman–Crippen MR) is 111 cm³/mol. The number of aryl methyl sites for hydroxylation is 1. The smallest absolute Gasteiger partial charge is 0.369 e. The lowest BCUT2D eigenvalue weighted by atomic mass is 9.97. The van der Waals surface area contributed by atoms with Gasteiger partial charge in [0.2, 0.25) is 0 Å². The average Bonchev–Trinajstić information content (AvgIpc) is 3.16. The molecular weight excluding hydrogens is 391 g/mol. The van der Waals surface area contributed by atoms with Crippen LogP contribution in [0.15, 0.2) is 36.5 Å². The molecule has 0 unspecified atom stereocenters. The van der Waals surface area contributed by atoms with Gasteiger partial charge in [-0.2, -0.15) is 13.2 Å². The molecule has 2 aliphatic rings. The molecule has 1 saturated heterocycles. The number of ketones is 1. The number of anilines is 1. The second-order valence-electron chi connectivity index (χ2n) is 8.23. The molecule has 4 nitrogen and oxygen atoms in total. The Balaban J connectivity index is 1.21. The summed E-state index contributed by atoms with van der Waals surface area (Å²) in [5, 5.41) is 0. The number of piperazine rings is 1. The number of carbonyl (C=O) groups is 1. The van der Waals surface area contributed by atoms with E-state index in [2.05, 4.69) is 9.47 Å². The Hall–Kier alpha value is -2.28. The summed E-state index contributed by atoms with van der Waals surface area (Å²) in [6.07, 6.45) is 2.49. The zero-order chi connectivity index (χ0) is 21.1. The summed E-state index contributed by atoms with van der Waals surface area (Å²) in [7, 11) is 0. The summed E-state index contributed by atoms with van der Waals surface area (Å²) >= 11 is 0. The fourth-order valence-electron chi connectivity index (χ4n) is 4.52. The fourth-order valence-corrected chi connectivity index (χ4v) is 4.52. The molecule has 1 fully saturated rings. The van der Waals surface area contributed by atoms with Crippen LogP contribution in [0.25, 0.3) is 0 Å². The van der Waals surface area contributed by atoms with Crippen LogP contribution in [0.5, 0.6) is 0 Å². The SMILES string of the molecule is O=C1CCCc2c1ccn2CCCCN1CCN(c2cccc(C(F)(F)F)c2)CC1. The number of hydrogen-bond donors (Lipinski definition) is 0. The number of fused-ring (bicyclic) bond motifs is 1. The molecule has 162 valence electrons. The first-order valence-electron chi connectivity index (χ1n) is 10.8. The van der Waals surface area contributed by atoms with Crippen LogP contribution in [0.2, 0.25) is 0 Å². The first-order chi connectivity index (χ1) is 14.4. The molecule has 0 amide bonds. The number of halogens is 3. The van der Waals surface area contributed by atoms with Crippen LogP contribution >= 0.6 is 0 Å². The van der Waals surface area contributed by atoms with Crippen LogP contribution in [0, 0.1) is 0 Å². The summed E-state index contributed by atoms with van der Waals surface area (Å²) in [6.45, 7) is 5.15. The Kier molecular flexibility index (Phi) is 6.18. The number of hydrogen-bond acceptors (Lipinski definition) is 3. The standard InChI is InChI=1S/C23H28F3N3O/c24-23(25,26)18-5-3-6-19(17-18)28-15-13-27(14-16-28)10-1-2-11-29-12-9-20-21(29)7-4-8-22(20)30/h3,5-6,9,12,17H,1-2,4,7-8,10-11,13-16H2. The molecule has 1 aliphatic carbocycles. The van der Waals surface area contributed by atoms with Gasteiger partial charge in [0.05, 0.1) is 5.56 Å². The van der Waals surface area contributed by atoms with Gasteiger partial charge >= 0.3 is 6.18 Å². The molecule has 0 atom stereocenters. The number of unbranched alkanes of at least 4 members (excludes halogenated alkanes) is 1. The van der Waals surface area contributed by atoms with Crippen molar-refractivity contribution < 1.29 is 18.0 Å². The molecule has 0 radical (unpaired) electrons. The minimum Gasteiger partial charge on any atom is -0.369 e. The minimum absolute atomic E-state index is 0.272. The second-order valence-corrected chi connectivity index (χ2v) is 8.23. The first-order valence-corrected chi connectivity index (χ1v) is 10.8. The first kappa shape index (κ1) is 21.0. The van der Waals surface area contributed by atoms with Gasteiger partial charge in [-0.25, -0.2) is 0 Å². The van der Waals surface area contributed by atoms with Gasteiger partial charge in [-0.3, -0.25) is 9.69 Å². The molecule has 0 bridgehead atoms. The molecule has 1 aromatic carbocycles. The fraction of sp³-hybridized carbons (Fsp3) is 0.522. The van der Waals surface area contributed by atoms with Gasteiger partial charge in [0, 0.05) is 62.3 Å². The van der Waals surface area contributed by atoms with E-state index in [1.807, 2.05) is 17.2 Å². The van der Waals surface area contributed by atoms with Crippen molar-refractivity contribution in [1.82, 2.24) is 9.47 Å². The average molecular weight is 419 g/mol. The van der Waals surface area contributed by atoms with Crippen molar-refractivity contribution in [3.05, 3.63) is 53.3 Å². The van der Waals surface area contributed by atoms with Crippen LogP contribution in [-0.4, -0.2) is 48.0 Å². The van der Waals surface area contributed by atoms with Crippen molar-refractivity contribution in [3.8, 4) is 0 Å². The molecule has 0 saturated carbocycles. The molecule has 4 rings (SSSR count). The lowest BCUT2D eigenvalue weighted by molar-refractivity contribution is -0.137. The van der Waals surface area contributed by atoms with Crippen LogP contribution in [0.3, 0.4) is 0 Å². The van der Waals surface area contributed by atoms with Crippen LogP contribution in [0.4, 0.5) is 18.9 Å². The number of Topliss-reactive ketones (excluding diaryl/α,β-unsaturated/α-hetero) is 1. The highest BCUT2D eigenvalue weighted by Crippen LogP contribution is 2.32. The third-order valence-corrected chi connectivity index (χ3v) is 6.23. The number of rotatable bonds is 6. The lowest BCUT2D eigenvalue weighted by Gasteiger charge is -2.36. The van der Waals surface area contributed by atoms with E-state index in [-0.39, 0.29) is 5.78 Å². The van der Waals surface area contributed by atoms with Crippen molar-refractivity contribution in [2.75, 3.05) is 37.6 Å². The zero-order valence-electron chi connectivity index (χ0n) is 17.1. The van der Waals surface area contributed by atoms with E-state index in [9.17, 15) is 18.0 Å².